The Labute approximate surface area is 142 Å². The molecule has 1 aromatic rings. The summed E-state index contributed by atoms with van der Waals surface area (Å²) in [5.74, 6) is 0.555. The molecule has 2 N–H and O–H groups in total. The van der Waals surface area contributed by atoms with Crippen LogP contribution in [0.15, 0.2) is 10.6 Å². The molecular weight excluding hydrogens is 312 g/mol. The topological polar surface area (TPSA) is 89.1 Å². The summed E-state index contributed by atoms with van der Waals surface area (Å²) in [5.41, 5.74) is 0. The molecule has 1 fully saturated rings. The number of quaternary nitrogens is 1. The summed E-state index contributed by atoms with van der Waals surface area (Å²) in [6.45, 7) is 10.2. The second-order valence-corrected chi connectivity index (χ2v) is 6.40. The van der Waals surface area contributed by atoms with Gasteiger partial charge in [-0.2, -0.15) is 0 Å². The predicted octanol–water partition coefficient (Wildman–Crippen LogP) is -0.679. The number of ether oxygens (including phenoxy) is 1. The van der Waals surface area contributed by atoms with Crippen LogP contribution in [0.5, 0.6) is 0 Å². The van der Waals surface area contributed by atoms with Gasteiger partial charge in [0.05, 0.1) is 26.3 Å². The van der Waals surface area contributed by atoms with Crippen molar-refractivity contribution in [3.05, 3.63) is 11.8 Å². The van der Waals surface area contributed by atoms with Gasteiger partial charge in [0.2, 0.25) is 11.8 Å². The molecule has 1 aliphatic rings. The van der Waals surface area contributed by atoms with Crippen LogP contribution in [0.4, 0.5) is 5.82 Å². The van der Waals surface area contributed by atoms with E-state index < -0.39 is 0 Å². The first-order valence-corrected chi connectivity index (χ1v) is 8.39. The molecule has 0 radical (unpaired) electrons. The first-order valence-electron chi connectivity index (χ1n) is 8.39. The Morgan fingerprint density at radius 2 is 2.08 bits per heavy atom. The Morgan fingerprint density at radius 3 is 2.67 bits per heavy atom. The first-order chi connectivity index (χ1) is 11.5. The third-order valence-electron chi connectivity index (χ3n) is 3.97. The van der Waals surface area contributed by atoms with E-state index in [0.717, 1.165) is 32.8 Å². The quantitative estimate of drug-likeness (QED) is 0.687. The van der Waals surface area contributed by atoms with Crippen molar-refractivity contribution in [3.8, 4) is 0 Å². The van der Waals surface area contributed by atoms with Crippen molar-refractivity contribution in [1.82, 2.24) is 10.1 Å². The second-order valence-electron chi connectivity index (χ2n) is 6.40. The van der Waals surface area contributed by atoms with E-state index >= 15 is 0 Å². The van der Waals surface area contributed by atoms with Crippen LogP contribution in [0.3, 0.4) is 0 Å². The molecule has 0 saturated carbocycles. The molecule has 0 spiro atoms. The first kappa shape index (κ1) is 18.4. The monoisotopic (exact) mass is 339 g/mol. The molecule has 1 aliphatic heterocycles. The van der Waals surface area contributed by atoms with Gasteiger partial charge in [0.1, 0.15) is 25.4 Å². The van der Waals surface area contributed by atoms with Crippen LogP contribution >= 0.6 is 0 Å². The smallest absolute Gasteiger partial charge is 0.245 e. The maximum Gasteiger partial charge on any atom is 0.245 e. The number of nitrogens with zero attached hydrogens (tertiary/aromatic N) is 2. The largest absolute Gasteiger partial charge is 0.370 e. The van der Waals surface area contributed by atoms with Crippen LogP contribution in [0.2, 0.25) is 0 Å². The Morgan fingerprint density at radius 1 is 1.38 bits per heavy atom. The van der Waals surface area contributed by atoms with Crippen molar-refractivity contribution in [1.29, 1.82) is 0 Å². The Balaban J connectivity index is 1.89. The fourth-order valence-electron chi connectivity index (χ4n) is 2.62. The van der Waals surface area contributed by atoms with Gasteiger partial charge in [-0.3, -0.25) is 9.59 Å². The molecule has 1 saturated heterocycles. The maximum absolute atomic E-state index is 12.4. The molecule has 0 atom stereocenters. The summed E-state index contributed by atoms with van der Waals surface area (Å²) >= 11 is 0. The third kappa shape index (κ3) is 5.61. The number of amides is 2. The normalized spacial score (nSPS) is 15.5. The van der Waals surface area contributed by atoms with E-state index in [1.807, 2.05) is 13.8 Å². The molecule has 134 valence electrons. The lowest BCUT2D eigenvalue weighted by Crippen LogP contribution is -3.14. The van der Waals surface area contributed by atoms with Gasteiger partial charge in [0, 0.05) is 12.0 Å². The summed E-state index contributed by atoms with van der Waals surface area (Å²) in [5, 5.41) is 6.39. The molecule has 24 heavy (non-hydrogen) atoms. The van der Waals surface area contributed by atoms with Crippen LogP contribution in [0.25, 0.3) is 0 Å². The number of rotatable bonds is 7. The van der Waals surface area contributed by atoms with Crippen LogP contribution < -0.4 is 10.2 Å². The van der Waals surface area contributed by atoms with Crippen molar-refractivity contribution in [2.45, 2.75) is 20.8 Å². The number of aromatic nitrogens is 1. The molecule has 8 nitrogen and oxygen atoms in total. The van der Waals surface area contributed by atoms with Gasteiger partial charge in [0.25, 0.3) is 0 Å². The van der Waals surface area contributed by atoms with Gasteiger partial charge in [-0.05, 0) is 6.92 Å². The van der Waals surface area contributed by atoms with Crippen molar-refractivity contribution in [2.24, 2.45) is 5.92 Å². The number of carbonyl (C=O) groups is 2. The van der Waals surface area contributed by atoms with E-state index in [0.29, 0.717) is 18.1 Å². The minimum Gasteiger partial charge on any atom is -0.370 e. The van der Waals surface area contributed by atoms with Crippen LogP contribution in [-0.4, -0.2) is 67.8 Å². The van der Waals surface area contributed by atoms with Crippen LogP contribution in [0.1, 0.15) is 19.6 Å². The van der Waals surface area contributed by atoms with Gasteiger partial charge >= 0.3 is 0 Å². The Kier molecular flexibility index (Phi) is 6.74. The number of aryl methyl sites for hydroxylation is 1. The number of nitrogens with one attached hydrogen (secondary N) is 2. The van der Waals surface area contributed by atoms with Gasteiger partial charge in [-0.25, -0.2) is 0 Å². The Hall–Kier alpha value is -1.93. The molecule has 1 aromatic heterocycles. The van der Waals surface area contributed by atoms with Crippen molar-refractivity contribution in [2.75, 3.05) is 51.3 Å². The highest BCUT2D eigenvalue weighted by molar-refractivity contribution is 5.94. The van der Waals surface area contributed by atoms with Crippen molar-refractivity contribution in [3.63, 3.8) is 0 Å². The number of carbonyl (C=O) groups excluding carboxylic acids is 2. The highest BCUT2D eigenvalue weighted by atomic mass is 16.5. The molecule has 0 unspecified atom stereocenters. The van der Waals surface area contributed by atoms with Gasteiger partial charge in [0.15, 0.2) is 5.82 Å². The van der Waals surface area contributed by atoms with Crippen molar-refractivity contribution < 1.29 is 23.7 Å². The Bertz CT molecular complexity index is 552. The van der Waals surface area contributed by atoms with Gasteiger partial charge in [-0.15, -0.1) is 0 Å². The minimum atomic E-state index is -0.269. The third-order valence-corrected chi connectivity index (χ3v) is 3.97. The van der Waals surface area contributed by atoms with Gasteiger partial charge < -0.3 is 24.4 Å². The zero-order valence-corrected chi connectivity index (χ0v) is 14.6. The SMILES string of the molecule is Cc1cc(NC(=O)CN(CC[NH+]2CCOCC2)C(=O)C(C)C)no1. The molecule has 2 heterocycles. The lowest BCUT2D eigenvalue weighted by atomic mass is 10.2. The van der Waals surface area contributed by atoms with Crippen LogP contribution in [-0.2, 0) is 14.3 Å². The summed E-state index contributed by atoms with van der Waals surface area (Å²) in [4.78, 5) is 27.6. The maximum atomic E-state index is 12.4. The lowest BCUT2D eigenvalue weighted by Gasteiger charge is -2.28. The summed E-state index contributed by atoms with van der Waals surface area (Å²) in [6.07, 6.45) is 0. The molecular formula is C16H27N4O4+. The average molecular weight is 339 g/mol. The van der Waals surface area contributed by atoms with E-state index in [9.17, 15) is 9.59 Å². The molecule has 2 rings (SSSR count). The number of anilines is 1. The minimum absolute atomic E-state index is 0.0193. The van der Waals surface area contributed by atoms with Crippen molar-refractivity contribution >= 4 is 17.6 Å². The van der Waals surface area contributed by atoms with E-state index in [1.165, 1.54) is 4.90 Å². The molecule has 0 bridgehead atoms. The number of hydrogen-bond acceptors (Lipinski definition) is 5. The predicted molar refractivity (Wildman–Crippen MR) is 87.7 cm³/mol. The molecule has 0 aliphatic carbocycles. The zero-order chi connectivity index (χ0) is 17.5. The van der Waals surface area contributed by atoms with E-state index in [1.54, 1.807) is 17.9 Å². The lowest BCUT2D eigenvalue weighted by molar-refractivity contribution is -0.907. The fraction of sp³-hybridized carbons (Fsp3) is 0.688. The number of hydrogen-bond donors (Lipinski definition) is 2. The molecule has 0 aromatic carbocycles. The van der Waals surface area contributed by atoms with Crippen LogP contribution in [0, 0.1) is 12.8 Å². The summed E-state index contributed by atoms with van der Waals surface area (Å²) < 4.78 is 10.3. The summed E-state index contributed by atoms with van der Waals surface area (Å²) in [7, 11) is 0. The average Bonchev–Trinajstić information content (AvgIpc) is 2.96. The van der Waals surface area contributed by atoms with E-state index in [4.69, 9.17) is 9.26 Å². The summed E-state index contributed by atoms with van der Waals surface area (Å²) in [6, 6.07) is 1.64. The van der Waals surface area contributed by atoms with E-state index in [-0.39, 0.29) is 24.3 Å². The van der Waals surface area contributed by atoms with E-state index in [2.05, 4.69) is 10.5 Å². The highest BCUT2D eigenvalue weighted by Gasteiger charge is 2.23. The molecule has 8 heteroatoms. The zero-order valence-electron chi connectivity index (χ0n) is 14.6. The van der Waals surface area contributed by atoms with Gasteiger partial charge in [-0.1, -0.05) is 19.0 Å². The fourth-order valence-corrected chi connectivity index (χ4v) is 2.62. The highest BCUT2D eigenvalue weighted by Crippen LogP contribution is 2.07. The number of morpholine rings is 1. The second kappa shape index (κ2) is 8.79. The standard InChI is InChI=1S/C16H26N4O4/c1-12(2)16(22)20(5-4-19-6-8-23-9-7-19)11-15(21)17-14-10-13(3)24-18-14/h10,12H,4-9,11H2,1-3H3,(H,17,18,21)/p+1. The molecule has 2 amide bonds.